The van der Waals surface area contributed by atoms with Gasteiger partial charge >= 0.3 is 0 Å². The van der Waals surface area contributed by atoms with Gasteiger partial charge in [-0.15, -0.1) is 0 Å². The van der Waals surface area contributed by atoms with E-state index >= 15 is 0 Å². The van der Waals surface area contributed by atoms with Gasteiger partial charge in [0.2, 0.25) is 0 Å². The lowest BCUT2D eigenvalue weighted by atomic mass is 10.3. The molecule has 1 aromatic carbocycles. The molecule has 0 fully saturated rings. The summed E-state index contributed by atoms with van der Waals surface area (Å²) in [7, 11) is 0. The largest absolute Gasteiger partial charge is 0.339 e. The summed E-state index contributed by atoms with van der Waals surface area (Å²) in [5.74, 6) is 0.682. The first kappa shape index (κ1) is 14.4. The van der Waals surface area contributed by atoms with Crippen LogP contribution in [0.2, 0.25) is 5.15 Å². The molecule has 2 aromatic rings. The van der Waals surface area contributed by atoms with Crippen molar-refractivity contribution in [1.82, 2.24) is 9.97 Å². The zero-order chi connectivity index (χ0) is 13.1. The second-order valence-electron chi connectivity index (χ2n) is 3.31. The van der Waals surface area contributed by atoms with Gasteiger partial charge < -0.3 is 5.32 Å². The van der Waals surface area contributed by atoms with Crippen molar-refractivity contribution in [2.45, 2.75) is 5.16 Å². The van der Waals surface area contributed by atoms with Crippen molar-refractivity contribution in [2.75, 3.05) is 11.6 Å². The Morgan fingerprint density at radius 3 is 2.83 bits per heavy atom. The molecule has 1 N–H and O–H groups in total. The van der Waals surface area contributed by atoms with Crippen LogP contribution in [0.15, 0.2) is 33.9 Å². The van der Waals surface area contributed by atoms with Crippen molar-refractivity contribution in [3.8, 4) is 0 Å². The standard InChI is InChI=1S/C11H8BrClIN3S/c1-18-11-16-9(13)5-10(17-11)15-8-4-6(14)2-3-7(8)12/h2-5H,1H3,(H,15,16,17). The molecule has 0 radical (unpaired) electrons. The highest BCUT2D eigenvalue weighted by atomic mass is 127. The number of thioether (sulfide) groups is 1. The number of hydrogen-bond acceptors (Lipinski definition) is 4. The van der Waals surface area contributed by atoms with Crippen LogP contribution in [0.4, 0.5) is 11.5 Å². The molecule has 1 heterocycles. The first-order chi connectivity index (χ1) is 8.58. The van der Waals surface area contributed by atoms with Crippen LogP contribution in [0.1, 0.15) is 0 Å². The van der Waals surface area contributed by atoms with Gasteiger partial charge in [0.25, 0.3) is 0 Å². The molecule has 0 atom stereocenters. The zero-order valence-corrected chi connectivity index (χ0v) is 14.6. The van der Waals surface area contributed by atoms with Crippen molar-refractivity contribution in [3.05, 3.63) is 37.5 Å². The third-order valence-corrected chi connectivity index (χ3v) is 4.15. The van der Waals surface area contributed by atoms with Crippen LogP contribution in [0, 0.1) is 3.57 Å². The second-order valence-corrected chi connectivity index (χ2v) is 6.57. The van der Waals surface area contributed by atoms with E-state index in [-0.39, 0.29) is 0 Å². The number of aromatic nitrogens is 2. The molecule has 18 heavy (non-hydrogen) atoms. The highest BCUT2D eigenvalue weighted by Gasteiger charge is 2.05. The van der Waals surface area contributed by atoms with Crippen LogP contribution < -0.4 is 5.32 Å². The Hall–Kier alpha value is -0.0500. The number of halogens is 3. The van der Waals surface area contributed by atoms with E-state index in [2.05, 4.69) is 53.8 Å². The lowest BCUT2D eigenvalue weighted by Gasteiger charge is -2.09. The fraction of sp³-hybridized carbons (Fsp3) is 0.0909. The van der Waals surface area contributed by atoms with Crippen molar-refractivity contribution in [2.24, 2.45) is 0 Å². The summed E-state index contributed by atoms with van der Waals surface area (Å²) in [5.41, 5.74) is 0.948. The van der Waals surface area contributed by atoms with Gasteiger partial charge in [0.1, 0.15) is 11.0 Å². The quantitative estimate of drug-likeness (QED) is 0.307. The molecular weight excluding hydrogens is 448 g/mol. The average Bonchev–Trinajstić information content (AvgIpc) is 2.33. The van der Waals surface area contributed by atoms with E-state index in [1.807, 2.05) is 24.5 Å². The van der Waals surface area contributed by atoms with Gasteiger partial charge in [0.15, 0.2) is 5.16 Å². The zero-order valence-electron chi connectivity index (χ0n) is 9.25. The predicted octanol–water partition coefficient (Wildman–Crippen LogP) is 4.96. The van der Waals surface area contributed by atoms with Crippen molar-refractivity contribution in [1.29, 1.82) is 0 Å². The molecule has 94 valence electrons. The molecule has 0 aliphatic heterocycles. The van der Waals surface area contributed by atoms with Gasteiger partial charge in [0.05, 0.1) is 5.69 Å². The minimum atomic E-state index is 0.429. The molecule has 0 amide bonds. The summed E-state index contributed by atoms with van der Waals surface area (Å²) in [4.78, 5) is 8.45. The van der Waals surface area contributed by atoms with Gasteiger partial charge in [-0.2, -0.15) is 0 Å². The van der Waals surface area contributed by atoms with E-state index in [0.717, 1.165) is 13.7 Å². The fourth-order valence-electron chi connectivity index (χ4n) is 1.28. The summed E-state index contributed by atoms with van der Waals surface area (Å²) >= 11 is 13.2. The Morgan fingerprint density at radius 2 is 2.11 bits per heavy atom. The van der Waals surface area contributed by atoms with Crippen LogP contribution in [0.5, 0.6) is 0 Å². The molecule has 0 aliphatic rings. The van der Waals surface area contributed by atoms with Gasteiger partial charge in [-0.1, -0.05) is 23.4 Å². The van der Waals surface area contributed by atoms with Crippen LogP contribution >= 0.6 is 61.9 Å². The van der Waals surface area contributed by atoms with E-state index in [4.69, 9.17) is 11.6 Å². The molecule has 1 aromatic heterocycles. The molecule has 0 unspecified atom stereocenters. The van der Waals surface area contributed by atoms with Gasteiger partial charge in [-0.3, -0.25) is 0 Å². The van der Waals surface area contributed by atoms with E-state index in [1.54, 1.807) is 6.07 Å². The molecule has 7 heteroatoms. The third-order valence-electron chi connectivity index (χ3n) is 2.05. The summed E-state index contributed by atoms with van der Waals surface area (Å²) in [5, 5.41) is 4.30. The number of nitrogens with zero attached hydrogens (tertiary/aromatic N) is 2. The smallest absolute Gasteiger partial charge is 0.190 e. The first-order valence-corrected chi connectivity index (χ1v) is 8.36. The molecule has 0 saturated heterocycles. The van der Waals surface area contributed by atoms with Crippen molar-refractivity contribution < 1.29 is 0 Å². The number of nitrogens with one attached hydrogen (secondary N) is 1. The normalized spacial score (nSPS) is 10.4. The van der Waals surface area contributed by atoms with E-state index in [0.29, 0.717) is 16.1 Å². The summed E-state index contributed by atoms with van der Waals surface area (Å²) in [6, 6.07) is 7.74. The molecule has 0 spiro atoms. The van der Waals surface area contributed by atoms with E-state index in [1.165, 1.54) is 11.8 Å². The minimum Gasteiger partial charge on any atom is -0.339 e. The van der Waals surface area contributed by atoms with Crippen LogP contribution in [0.25, 0.3) is 0 Å². The number of hydrogen-bond donors (Lipinski definition) is 1. The monoisotopic (exact) mass is 455 g/mol. The number of anilines is 2. The maximum Gasteiger partial charge on any atom is 0.190 e. The molecule has 3 nitrogen and oxygen atoms in total. The number of benzene rings is 1. The Labute approximate surface area is 136 Å². The van der Waals surface area contributed by atoms with Gasteiger partial charge in [-0.25, -0.2) is 9.97 Å². The summed E-state index contributed by atoms with van der Waals surface area (Å²) in [6.07, 6.45) is 1.91. The second kappa shape index (κ2) is 6.40. The Kier molecular flexibility index (Phi) is 5.11. The molecular formula is C11H8BrClIN3S. The van der Waals surface area contributed by atoms with Gasteiger partial charge in [0, 0.05) is 14.1 Å². The van der Waals surface area contributed by atoms with Crippen LogP contribution in [0.3, 0.4) is 0 Å². The van der Waals surface area contributed by atoms with Crippen LogP contribution in [-0.4, -0.2) is 16.2 Å². The van der Waals surface area contributed by atoms with Crippen molar-refractivity contribution >= 4 is 73.4 Å². The fourth-order valence-corrected chi connectivity index (χ4v) is 2.73. The van der Waals surface area contributed by atoms with Gasteiger partial charge in [-0.05, 0) is 63.0 Å². The maximum atomic E-state index is 5.95. The first-order valence-electron chi connectivity index (χ1n) is 4.89. The minimum absolute atomic E-state index is 0.429. The average molecular weight is 457 g/mol. The van der Waals surface area contributed by atoms with E-state index < -0.39 is 0 Å². The Bertz CT molecular complexity index is 582. The lowest BCUT2D eigenvalue weighted by molar-refractivity contribution is 0.976. The molecule has 2 rings (SSSR count). The maximum absolute atomic E-state index is 5.95. The molecule has 0 bridgehead atoms. The molecule has 0 aliphatic carbocycles. The highest BCUT2D eigenvalue weighted by molar-refractivity contribution is 14.1. The summed E-state index contributed by atoms with van der Waals surface area (Å²) in [6.45, 7) is 0. The lowest BCUT2D eigenvalue weighted by Crippen LogP contribution is -1.97. The Balaban J connectivity index is 2.33. The topological polar surface area (TPSA) is 37.8 Å². The third kappa shape index (κ3) is 3.72. The highest BCUT2D eigenvalue weighted by Crippen LogP contribution is 2.28. The van der Waals surface area contributed by atoms with Crippen LogP contribution in [-0.2, 0) is 0 Å². The van der Waals surface area contributed by atoms with Crippen molar-refractivity contribution in [3.63, 3.8) is 0 Å². The number of rotatable bonds is 3. The summed E-state index contributed by atoms with van der Waals surface area (Å²) < 4.78 is 2.12. The molecule has 0 saturated carbocycles. The predicted molar refractivity (Wildman–Crippen MR) is 89.0 cm³/mol. The SMILES string of the molecule is CSc1nc(Cl)cc(Nc2cc(I)ccc2Br)n1. The Morgan fingerprint density at radius 1 is 1.33 bits per heavy atom. The van der Waals surface area contributed by atoms with E-state index in [9.17, 15) is 0 Å².